The average Bonchev–Trinajstić information content (AvgIpc) is 2.99. The Bertz CT molecular complexity index is 524. The summed E-state index contributed by atoms with van der Waals surface area (Å²) >= 11 is 0. The monoisotopic (exact) mass is 304 g/mol. The molecule has 1 aliphatic rings. The number of methoxy groups -OCH3 is 1. The van der Waals surface area contributed by atoms with Crippen molar-refractivity contribution in [2.45, 2.75) is 44.6 Å². The molecule has 0 aromatic heterocycles. The highest BCUT2D eigenvalue weighted by molar-refractivity contribution is 5.87. The number of ether oxygens (including phenoxy) is 1. The summed E-state index contributed by atoms with van der Waals surface area (Å²) < 4.78 is 5.27. The molecule has 0 radical (unpaired) electrons. The largest absolute Gasteiger partial charge is 0.496 e. The molecular weight excluding hydrogens is 280 g/mol. The first-order valence-electron chi connectivity index (χ1n) is 7.80. The number of carbonyl (C=O) groups excluding carboxylic acids is 2. The van der Waals surface area contributed by atoms with Gasteiger partial charge in [-0.05, 0) is 30.4 Å². The van der Waals surface area contributed by atoms with Crippen molar-refractivity contribution in [2.75, 3.05) is 7.11 Å². The van der Waals surface area contributed by atoms with Crippen molar-refractivity contribution in [1.29, 1.82) is 0 Å². The van der Waals surface area contributed by atoms with Crippen LogP contribution in [0.5, 0.6) is 5.75 Å². The number of para-hydroxylation sites is 1. The first-order chi connectivity index (χ1) is 10.6. The number of benzene rings is 1. The molecule has 2 rings (SSSR count). The Balaban J connectivity index is 1.97. The van der Waals surface area contributed by atoms with E-state index in [0.29, 0.717) is 24.5 Å². The molecule has 1 aromatic carbocycles. The van der Waals surface area contributed by atoms with Crippen LogP contribution in [0.1, 0.15) is 37.7 Å². The van der Waals surface area contributed by atoms with Gasteiger partial charge in [0.1, 0.15) is 11.8 Å². The summed E-state index contributed by atoms with van der Waals surface area (Å²) in [5.41, 5.74) is 6.29. The molecule has 0 spiro atoms. The number of rotatable bonds is 7. The second kappa shape index (κ2) is 7.82. The molecule has 0 saturated heterocycles. The van der Waals surface area contributed by atoms with E-state index in [1.165, 1.54) is 12.8 Å². The van der Waals surface area contributed by atoms with E-state index >= 15 is 0 Å². The SMILES string of the molecule is COc1ccccc1C[C@@H](NC(=O)CC1CCCC1)C(N)=O. The third-order valence-electron chi connectivity index (χ3n) is 4.24. The Morgan fingerprint density at radius 3 is 2.64 bits per heavy atom. The Labute approximate surface area is 131 Å². The Morgan fingerprint density at radius 2 is 2.00 bits per heavy atom. The number of hydrogen-bond donors (Lipinski definition) is 2. The van der Waals surface area contributed by atoms with Crippen LogP contribution in [0.3, 0.4) is 0 Å². The predicted octanol–water partition coefficient (Wildman–Crippen LogP) is 1.79. The summed E-state index contributed by atoms with van der Waals surface area (Å²) in [5, 5.41) is 2.77. The maximum Gasteiger partial charge on any atom is 0.240 e. The zero-order chi connectivity index (χ0) is 15.9. The van der Waals surface area contributed by atoms with Crippen LogP contribution in [-0.2, 0) is 16.0 Å². The molecule has 120 valence electrons. The smallest absolute Gasteiger partial charge is 0.240 e. The Morgan fingerprint density at radius 1 is 1.32 bits per heavy atom. The topological polar surface area (TPSA) is 81.4 Å². The molecule has 3 N–H and O–H groups in total. The lowest BCUT2D eigenvalue weighted by Crippen LogP contribution is -2.46. The normalized spacial score (nSPS) is 16.2. The average molecular weight is 304 g/mol. The molecule has 1 aromatic rings. The maximum atomic E-state index is 12.1. The Kier molecular flexibility index (Phi) is 5.81. The van der Waals surface area contributed by atoms with E-state index in [9.17, 15) is 9.59 Å². The lowest BCUT2D eigenvalue weighted by molar-refractivity contribution is -0.127. The van der Waals surface area contributed by atoms with E-state index < -0.39 is 11.9 Å². The summed E-state index contributed by atoms with van der Waals surface area (Å²) in [4.78, 5) is 23.8. The zero-order valence-electron chi connectivity index (χ0n) is 13.0. The molecule has 0 unspecified atom stereocenters. The lowest BCUT2D eigenvalue weighted by Gasteiger charge is -2.18. The third kappa shape index (κ3) is 4.48. The predicted molar refractivity (Wildman–Crippen MR) is 84.4 cm³/mol. The van der Waals surface area contributed by atoms with Crippen molar-refractivity contribution in [3.63, 3.8) is 0 Å². The van der Waals surface area contributed by atoms with Crippen molar-refractivity contribution >= 4 is 11.8 Å². The van der Waals surface area contributed by atoms with Gasteiger partial charge in [0.05, 0.1) is 7.11 Å². The number of amides is 2. The fourth-order valence-electron chi connectivity index (χ4n) is 3.04. The second-order valence-corrected chi connectivity index (χ2v) is 5.89. The quantitative estimate of drug-likeness (QED) is 0.805. The minimum Gasteiger partial charge on any atom is -0.496 e. The van der Waals surface area contributed by atoms with Crippen molar-refractivity contribution in [1.82, 2.24) is 5.32 Å². The van der Waals surface area contributed by atoms with Crippen LogP contribution in [0, 0.1) is 5.92 Å². The molecule has 1 atom stereocenters. The van der Waals surface area contributed by atoms with Crippen LogP contribution in [0.2, 0.25) is 0 Å². The van der Waals surface area contributed by atoms with E-state index in [1.807, 2.05) is 24.3 Å². The summed E-state index contributed by atoms with van der Waals surface area (Å²) in [6.45, 7) is 0. The molecule has 0 aliphatic heterocycles. The molecule has 2 amide bonds. The standard InChI is InChI=1S/C17H24N2O3/c1-22-15-9-5-4-8-13(15)11-14(17(18)21)19-16(20)10-12-6-2-3-7-12/h4-5,8-9,12,14H,2-3,6-7,10-11H2,1H3,(H2,18,21)(H,19,20)/t14-/m1/s1. The number of primary amides is 1. The minimum atomic E-state index is -0.704. The van der Waals surface area contributed by atoms with Crippen molar-refractivity contribution in [3.05, 3.63) is 29.8 Å². The van der Waals surface area contributed by atoms with E-state index in [-0.39, 0.29) is 5.91 Å². The molecule has 0 bridgehead atoms. The highest BCUT2D eigenvalue weighted by Gasteiger charge is 2.23. The van der Waals surface area contributed by atoms with Crippen LogP contribution >= 0.6 is 0 Å². The van der Waals surface area contributed by atoms with Gasteiger partial charge in [-0.3, -0.25) is 9.59 Å². The van der Waals surface area contributed by atoms with Gasteiger partial charge < -0.3 is 15.8 Å². The first kappa shape index (κ1) is 16.3. The van der Waals surface area contributed by atoms with Crippen LogP contribution in [0.15, 0.2) is 24.3 Å². The van der Waals surface area contributed by atoms with Crippen molar-refractivity contribution < 1.29 is 14.3 Å². The van der Waals surface area contributed by atoms with Crippen molar-refractivity contribution in [2.24, 2.45) is 11.7 Å². The van der Waals surface area contributed by atoms with Gasteiger partial charge in [0, 0.05) is 12.8 Å². The fourth-order valence-corrected chi connectivity index (χ4v) is 3.04. The van der Waals surface area contributed by atoms with Gasteiger partial charge in [-0.1, -0.05) is 31.0 Å². The molecule has 5 heteroatoms. The molecule has 1 fully saturated rings. The fraction of sp³-hybridized carbons (Fsp3) is 0.529. The minimum absolute atomic E-state index is 0.0920. The summed E-state index contributed by atoms with van der Waals surface area (Å²) in [7, 11) is 1.58. The number of nitrogens with two attached hydrogens (primary N) is 1. The van der Waals surface area contributed by atoms with Gasteiger partial charge in [-0.15, -0.1) is 0 Å². The van der Waals surface area contributed by atoms with Gasteiger partial charge in [-0.2, -0.15) is 0 Å². The molecular formula is C17H24N2O3. The molecule has 1 aliphatic carbocycles. The van der Waals surface area contributed by atoms with Crippen LogP contribution in [0.25, 0.3) is 0 Å². The first-order valence-corrected chi connectivity index (χ1v) is 7.80. The maximum absolute atomic E-state index is 12.1. The van der Waals surface area contributed by atoms with E-state index in [2.05, 4.69) is 5.32 Å². The van der Waals surface area contributed by atoms with Gasteiger partial charge in [0.2, 0.25) is 11.8 Å². The van der Waals surface area contributed by atoms with Gasteiger partial charge in [0.15, 0.2) is 0 Å². The summed E-state index contributed by atoms with van der Waals surface area (Å²) in [6, 6.07) is 6.73. The lowest BCUT2D eigenvalue weighted by atomic mass is 10.0. The van der Waals surface area contributed by atoms with Crippen LogP contribution in [0.4, 0.5) is 0 Å². The summed E-state index contributed by atoms with van der Waals surface area (Å²) in [6.07, 6.45) is 5.41. The number of nitrogens with one attached hydrogen (secondary N) is 1. The molecule has 0 heterocycles. The van der Waals surface area contributed by atoms with E-state index in [4.69, 9.17) is 10.5 Å². The molecule has 5 nitrogen and oxygen atoms in total. The van der Waals surface area contributed by atoms with Crippen LogP contribution in [-0.4, -0.2) is 25.0 Å². The third-order valence-corrected chi connectivity index (χ3v) is 4.24. The van der Waals surface area contributed by atoms with Gasteiger partial charge in [0.25, 0.3) is 0 Å². The number of hydrogen-bond acceptors (Lipinski definition) is 3. The molecule has 1 saturated carbocycles. The van der Waals surface area contributed by atoms with Crippen LogP contribution < -0.4 is 15.8 Å². The van der Waals surface area contributed by atoms with Crippen molar-refractivity contribution in [3.8, 4) is 5.75 Å². The summed E-state index contributed by atoms with van der Waals surface area (Å²) in [5.74, 6) is 0.523. The van der Waals surface area contributed by atoms with E-state index in [0.717, 1.165) is 18.4 Å². The highest BCUT2D eigenvalue weighted by Crippen LogP contribution is 2.27. The second-order valence-electron chi connectivity index (χ2n) is 5.89. The molecule has 22 heavy (non-hydrogen) atoms. The van der Waals surface area contributed by atoms with Gasteiger partial charge in [-0.25, -0.2) is 0 Å². The number of carbonyl (C=O) groups is 2. The van der Waals surface area contributed by atoms with E-state index in [1.54, 1.807) is 7.11 Å². The Hall–Kier alpha value is -2.04. The zero-order valence-corrected chi connectivity index (χ0v) is 13.0. The highest BCUT2D eigenvalue weighted by atomic mass is 16.5. The van der Waals surface area contributed by atoms with Gasteiger partial charge >= 0.3 is 0 Å².